The first kappa shape index (κ1) is 27.7. The molecule has 1 atom stereocenters. The van der Waals surface area contributed by atoms with Crippen molar-refractivity contribution in [1.82, 2.24) is 20.9 Å². The molecule has 0 radical (unpaired) electrons. The van der Waals surface area contributed by atoms with Gasteiger partial charge in [0.1, 0.15) is 12.4 Å². The van der Waals surface area contributed by atoms with Crippen molar-refractivity contribution in [2.45, 2.75) is 6.42 Å². The van der Waals surface area contributed by atoms with Gasteiger partial charge < -0.3 is 25.4 Å². The van der Waals surface area contributed by atoms with Gasteiger partial charge >= 0.3 is 0 Å². The van der Waals surface area contributed by atoms with Gasteiger partial charge in [-0.05, 0) is 24.6 Å². The normalized spacial score (nSPS) is 21.5. The van der Waals surface area contributed by atoms with Gasteiger partial charge in [-0.3, -0.25) is 14.5 Å². The minimum atomic E-state index is -0.212. The van der Waals surface area contributed by atoms with Gasteiger partial charge in [0.05, 0.1) is 31.9 Å². The zero-order valence-corrected chi connectivity index (χ0v) is 19.8. The number of hydrogen-bond donors (Lipinski definition) is 3. The van der Waals surface area contributed by atoms with Crippen molar-refractivity contribution in [3.63, 3.8) is 0 Å². The molecule has 2 aliphatic heterocycles. The fourth-order valence-electron chi connectivity index (χ4n) is 3.49. The number of nitrogens with one attached hydrogen (secondary N) is 3. The lowest BCUT2D eigenvalue weighted by Crippen LogP contribution is -2.43. The van der Waals surface area contributed by atoms with Gasteiger partial charge in [0.15, 0.2) is 0 Å². The summed E-state index contributed by atoms with van der Waals surface area (Å²) in [6, 6.07) is 4.96. The number of rotatable bonds is 2. The lowest BCUT2D eigenvalue weighted by Gasteiger charge is -2.26. The van der Waals surface area contributed by atoms with E-state index in [-0.39, 0.29) is 43.2 Å². The Balaban J connectivity index is 0.00000240. The van der Waals surface area contributed by atoms with Gasteiger partial charge in [-0.15, -0.1) is 24.8 Å². The van der Waals surface area contributed by atoms with Crippen LogP contribution in [-0.4, -0.2) is 82.3 Å². The highest BCUT2D eigenvalue weighted by molar-refractivity contribution is 6.31. The van der Waals surface area contributed by atoms with Crippen LogP contribution in [0, 0.1) is 5.92 Å². The van der Waals surface area contributed by atoms with Crippen LogP contribution in [0.4, 0.5) is 0 Å². The van der Waals surface area contributed by atoms with Crippen LogP contribution in [0.5, 0.6) is 5.75 Å². The Morgan fingerprint density at radius 2 is 1.94 bits per heavy atom. The molecule has 1 aromatic rings. The van der Waals surface area contributed by atoms with E-state index in [2.05, 4.69) is 20.9 Å². The summed E-state index contributed by atoms with van der Waals surface area (Å²) >= 11 is 6.04. The smallest absolute Gasteiger partial charge is 0.255 e. The summed E-state index contributed by atoms with van der Waals surface area (Å²) in [4.78, 5) is 27.1. The molecule has 1 saturated heterocycles. The number of fused-ring (bicyclic) bond motifs is 1. The van der Waals surface area contributed by atoms with Crippen molar-refractivity contribution < 1.29 is 19.1 Å². The number of nitrogens with zero attached hydrogens (tertiary/aromatic N) is 1. The van der Waals surface area contributed by atoms with Gasteiger partial charge in [-0.2, -0.15) is 0 Å². The monoisotopic (exact) mass is 496 g/mol. The molecule has 0 saturated carbocycles. The first-order chi connectivity index (χ1) is 14.1. The van der Waals surface area contributed by atoms with Crippen LogP contribution in [0.2, 0.25) is 5.02 Å². The Hall–Kier alpha value is -1.29. The van der Waals surface area contributed by atoms with Crippen LogP contribution in [0.15, 0.2) is 18.2 Å². The van der Waals surface area contributed by atoms with E-state index < -0.39 is 0 Å². The van der Waals surface area contributed by atoms with Crippen LogP contribution in [0.1, 0.15) is 16.8 Å². The molecule has 2 aliphatic rings. The summed E-state index contributed by atoms with van der Waals surface area (Å²) in [6.07, 6.45) is 0.733. The van der Waals surface area contributed by atoms with E-state index in [4.69, 9.17) is 21.1 Å². The van der Waals surface area contributed by atoms with Gasteiger partial charge in [0.25, 0.3) is 5.91 Å². The molecule has 31 heavy (non-hydrogen) atoms. The van der Waals surface area contributed by atoms with E-state index >= 15 is 0 Å². The van der Waals surface area contributed by atoms with Crippen molar-refractivity contribution in [3.05, 3.63) is 28.8 Å². The summed E-state index contributed by atoms with van der Waals surface area (Å²) in [5.41, 5.74) is 0.402. The fraction of sp³-hybridized carbons (Fsp3) is 0.600. The van der Waals surface area contributed by atoms with Crippen LogP contribution in [0.3, 0.4) is 0 Å². The Labute approximate surface area is 200 Å². The Morgan fingerprint density at radius 3 is 2.77 bits per heavy atom. The molecule has 0 aliphatic carbocycles. The molecule has 8 nitrogen and oxygen atoms in total. The Kier molecular flexibility index (Phi) is 13.2. The van der Waals surface area contributed by atoms with Gasteiger partial charge in [0.2, 0.25) is 5.91 Å². The van der Waals surface area contributed by atoms with Crippen molar-refractivity contribution in [3.8, 4) is 5.75 Å². The number of ether oxygens (including phenoxy) is 2. The second-order valence-electron chi connectivity index (χ2n) is 7.33. The van der Waals surface area contributed by atoms with E-state index in [1.165, 1.54) is 0 Å². The molecule has 1 unspecified atom stereocenters. The molecule has 1 aromatic carbocycles. The van der Waals surface area contributed by atoms with Crippen LogP contribution >= 0.6 is 36.4 Å². The highest BCUT2D eigenvalue weighted by Gasteiger charge is 2.19. The van der Waals surface area contributed by atoms with Crippen molar-refractivity contribution in [2.24, 2.45) is 5.92 Å². The number of halogens is 3. The molecule has 2 heterocycles. The minimum Gasteiger partial charge on any atom is -0.491 e. The molecule has 2 amide bonds. The number of benzene rings is 1. The third-order valence-electron chi connectivity index (χ3n) is 4.90. The first-order valence-corrected chi connectivity index (χ1v) is 10.5. The molecule has 1 fully saturated rings. The van der Waals surface area contributed by atoms with Gasteiger partial charge in [-0.25, -0.2) is 0 Å². The van der Waals surface area contributed by atoms with Gasteiger partial charge in [0, 0.05) is 43.7 Å². The number of carbonyl (C=O) groups is 2. The highest BCUT2D eigenvalue weighted by Crippen LogP contribution is 2.23. The molecule has 0 spiro atoms. The summed E-state index contributed by atoms with van der Waals surface area (Å²) in [5.74, 6) is 0.543. The maximum Gasteiger partial charge on any atom is 0.255 e. The molecular formula is C20H31Cl3N4O4. The predicted octanol–water partition coefficient (Wildman–Crippen LogP) is 1.35. The average Bonchev–Trinajstić information content (AvgIpc) is 2.97. The zero-order chi connectivity index (χ0) is 20.5. The molecule has 3 N–H and O–H groups in total. The van der Waals surface area contributed by atoms with E-state index in [9.17, 15) is 9.59 Å². The van der Waals surface area contributed by atoms with Crippen molar-refractivity contribution >= 4 is 48.2 Å². The summed E-state index contributed by atoms with van der Waals surface area (Å²) in [6.45, 7) is 6.07. The molecule has 3 rings (SSSR count). The third-order valence-corrected chi connectivity index (χ3v) is 5.13. The standard InChI is InChI=1S/C20H29ClN4O4.2ClH/c21-16-2-3-18-17(10-16)20(27)24-4-1-7-25(13-19(26)23-6-9-29-18)12-15-11-22-5-8-28-14-15;;/h2-3,10,15,22H,1,4-9,11-14H2,(H,23,26)(H,24,27);2*1H. The second-order valence-corrected chi connectivity index (χ2v) is 7.76. The summed E-state index contributed by atoms with van der Waals surface area (Å²) in [5, 5.41) is 9.65. The van der Waals surface area contributed by atoms with E-state index in [1.807, 2.05) is 0 Å². The fourth-order valence-corrected chi connectivity index (χ4v) is 3.66. The first-order valence-electron chi connectivity index (χ1n) is 10.1. The largest absolute Gasteiger partial charge is 0.491 e. The summed E-state index contributed by atoms with van der Waals surface area (Å²) < 4.78 is 11.3. The van der Waals surface area contributed by atoms with Crippen molar-refractivity contribution in [2.75, 3.05) is 65.6 Å². The third kappa shape index (κ3) is 9.39. The molecule has 11 heteroatoms. The zero-order valence-electron chi connectivity index (χ0n) is 17.4. The van der Waals surface area contributed by atoms with E-state index in [1.54, 1.807) is 18.2 Å². The molecule has 0 bridgehead atoms. The van der Waals surface area contributed by atoms with Crippen molar-refractivity contribution in [1.29, 1.82) is 0 Å². The Morgan fingerprint density at radius 1 is 1.10 bits per heavy atom. The number of amides is 2. The topological polar surface area (TPSA) is 91.9 Å². The van der Waals surface area contributed by atoms with Gasteiger partial charge in [-0.1, -0.05) is 11.6 Å². The lowest BCUT2D eigenvalue weighted by molar-refractivity contribution is -0.122. The minimum absolute atomic E-state index is 0. The lowest BCUT2D eigenvalue weighted by atomic mass is 10.1. The SMILES string of the molecule is Cl.Cl.O=C1CN(CC2CNCCOC2)CCCNC(=O)c2cc(Cl)ccc2OCCN1. The number of hydrogen-bond acceptors (Lipinski definition) is 6. The van der Waals surface area contributed by atoms with Crippen LogP contribution in [0.25, 0.3) is 0 Å². The van der Waals surface area contributed by atoms with Crippen LogP contribution < -0.4 is 20.7 Å². The summed E-state index contributed by atoms with van der Waals surface area (Å²) in [7, 11) is 0. The molecular weight excluding hydrogens is 467 g/mol. The second kappa shape index (κ2) is 14.7. The maximum absolute atomic E-state index is 12.6. The average molecular weight is 498 g/mol. The number of carbonyl (C=O) groups excluding carboxylic acids is 2. The predicted molar refractivity (Wildman–Crippen MR) is 125 cm³/mol. The maximum atomic E-state index is 12.6. The van der Waals surface area contributed by atoms with E-state index in [0.717, 1.165) is 26.1 Å². The Bertz CT molecular complexity index is 703. The molecule has 0 aromatic heterocycles. The highest BCUT2D eigenvalue weighted by atomic mass is 35.5. The quantitative estimate of drug-likeness (QED) is 0.571. The van der Waals surface area contributed by atoms with Crippen LogP contribution in [-0.2, 0) is 9.53 Å². The van der Waals surface area contributed by atoms with E-state index in [0.29, 0.717) is 61.6 Å². The molecule has 176 valence electrons.